The number of rotatable bonds is 8. The van der Waals surface area contributed by atoms with E-state index in [0.717, 1.165) is 25.5 Å². The summed E-state index contributed by atoms with van der Waals surface area (Å²) in [6, 6.07) is 10.6. The summed E-state index contributed by atoms with van der Waals surface area (Å²) in [5, 5.41) is 3.29. The van der Waals surface area contributed by atoms with Gasteiger partial charge in [-0.05, 0) is 24.3 Å². The first-order valence-corrected chi connectivity index (χ1v) is 10.8. The highest BCUT2D eigenvalue weighted by molar-refractivity contribution is 14.0. The SMILES string of the molecule is CN=C(NCCOCCS(C)(=O)=O)N1CCC(Cc2ccccc2)C1.I. The van der Waals surface area contributed by atoms with Gasteiger partial charge in [-0.25, -0.2) is 8.42 Å². The van der Waals surface area contributed by atoms with Crippen molar-refractivity contribution in [3.8, 4) is 0 Å². The van der Waals surface area contributed by atoms with Gasteiger partial charge in [-0.3, -0.25) is 4.99 Å². The van der Waals surface area contributed by atoms with E-state index in [4.69, 9.17) is 4.74 Å². The Morgan fingerprint density at radius 3 is 2.69 bits per heavy atom. The average Bonchev–Trinajstić information content (AvgIpc) is 3.02. The lowest BCUT2D eigenvalue weighted by atomic mass is 9.99. The fraction of sp³-hybridized carbons (Fsp3) is 0.611. The zero-order chi connectivity index (χ0) is 18.1. The summed E-state index contributed by atoms with van der Waals surface area (Å²) < 4.78 is 27.4. The number of nitrogens with one attached hydrogen (secondary N) is 1. The van der Waals surface area contributed by atoms with Crippen molar-refractivity contribution in [3.05, 3.63) is 35.9 Å². The highest BCUT2D eigenvalue weighted by Gasteiger charge is 2.24. The molecule has 0 aliphatic carbocycles. The Morgan fingerprint density at radius 2 is 2.04 bits per heavy atom. The number of hydrogen-bond acceptors (Lipinski definition) is 4. The summed E-state index contributed by atoms with van der Waals surface area (Å²) in [6.45, 7) is 3.34. The number of benzene rings is 1. The average molecular weight is 495 g/mol. The minimum absolute atomic E-state index is 0. The van der Waals surface area contributed by atoms with Gasteiger partial charge in [0.05, 0.1) is 19.0 Å². The number of hydrogen-bond donors (Lipinski definition) is 1. The Bertz CT molecular complexity index is 653. The van der Waals surface area contributed by atoms with Gasteiger partial charge in [0.25, 0.3) is 0 Å². The van der Waals surface area contributed by atoms with Crippen molar-refractivity contribution in [2.75, 3.05) is 51.9 Å². The van der Waals surface area contributed by atoms with E-state index in [-0.39, 0.29) is 36.3 Å². The number of aliphatic imine (C=N–C) groups is 1. The predicted octanol–water partition coefficient (Wildman–Crippen LogP) is 1.81. The molecule has 1 aromatic rings. The lowest BCUT2D eigenvalue weighted by Crippen LogP contribution is -2.41. The van der Waals surface area contributed by atoms with Crippen molar-refractivity contribution in [2.45, 2.75) is 12.8 Å². The quantitative estimate of drug-likeness (QED) is 0.258. The minimum atomic E-state index is -2.95. The highest BCUT2D eigenvalue weighted by Crippen LogP contribution is 2.20. The largest absolute Gasteiger partial charge is 0.379 e. The number of guanidine groups is 1. The summed E-state index contributed by atoms with van der Waals surface area (Å²) in [5.74, 6) is 1.60. The van der Waals surface area contributed by atoms with E-state index in [2.05, 4.69) is 39.5 Å². The normalized spacial score (nSPS) is 17.8. The Kier molecular flexibility index (Phi) is 10.5. The Hall–Kier alpha value is -0.870. The highest BCUT2D eigenvalue weighted by atomic mass is 127. The fourth-order valence-electron chi connectivity index (χ4n) is 3.02. The van der Waals surface area contributed by atoms with Gasteiger partial charge in [0, 0.05) is 32.9 Å². The molecule has 26 heavy (non-hydrogen) atoms. The number of ether oxygens (including phenoxy) is 1. The molecule has 1 aromatic carbocycles. The van der Waals surface area contributed by atoms with Crippen LogP contribution in [-0.4, -0.2) is 71.2 Å². The first-order chi connectivity index (χ1) is 12.0. The molecule has 1 aliphatic heterocycles. The van der Waals surface area contributed by atoms with E-state index in [1.165, 1.54) is 18.2 Å². The van der Waals surface area contributed by atoms with Crippen LogP contribution < -0.4 is 5.32 Å². The Labute approximate surface area is 174 Å². The van der Waals surface area contributed by atoms with Crippen LogP contribution in [0.1, 0.15) is 12.0 Å². The summed E-state index contributed by atoms with van der Waals surface area (Å²) in [4.78, 5) is 6.63. The van der Waals surface area contributed by atoms with Crippen LogP contribution in [0.3, 0.4) is 0 Å². The van der Waals surface area contributed by atoms with Gasteiger partial charge in [-0.1, -0.05) is 30.3 Å². The van der Waals surface area contributed by atoms with Crippen LogP contribution >= 0.6 is 24.0 Å². The van der Waals surface area contributed by atoms with Crippen LogP contribution in [0.15, 0.2) is 35.3 Å². The maximum absolute atomic E-state index is 11.0. The summed E-state index contributed by atoms with van der Waals surface area (Å²) in [6.07, 6.45) is 3.49. The van der Waals surface area contributed by atoms with Crippen molar-refractivity contribution >= 4 is 39.8 Å². The number of sulfone groups is 1. The molecule has 0 radical (unpaired) electrons. The second-order valence-electron chi connectivity index (χ2n) is 6.51. The van der Waals surface area contributed by atoms with E-state index >= 15 is 0 Å². The van der Waals surface area contributed by atoms with Crippen LogP contribution in [-0.2, 0) is 21.0 Å². The molecule has 6 nitrogen and oxygen atoms in total. The zero-order valence-corrected chi connectivity index (χ0v) is 18.7. The van der Waals surface area contributed by atoms with E-state index in [0.29, 0.717) is 19.1 Å². The second kappa shape index (κ2) is 11.8. The van der Waals surface area contributed by atoms with Crippen LogP contribution in [0.5, 0.6) is 0 Å². The molecule has 1 fully saturated rings. The smallest absolute Gasteiger partial charge is 0.193 e. The Balaban J connectivity index is 0.00000338. The predicted molar refractivity (Wildman–Crippen MR) is 117 cm³/mol. The van der Waals surface area contributed by atoms with Crippen molar-refractivity contribution < 1.29 is 13.2 Å². The zero-order valence-electron chi connectivity index (χ0n) is 15.6. The fourth-order valence-corrected chi connectivity index (χ4v) is 3.44. The molecule has 0 saturated carbocycles. The molecular formula is C18H30IN3O3S. The van der Waals surface area contributed by atoms with Crippen molar-refractivity contribution in [1.29, 1.82) is 0 Å². The second-order valence-corrected chi connectivity index (χ2v) is 8.77. The number of halogens is 1. The van der Waals surface area contributed by atoms with E-state index in [1.54, 1.807) is 7.05 Å². The molecule has 2 rings (SSSR count). The maximum Gasteiger partial charge on any atom is 0.193 e. The lowest BCUT2D eigenvalue weighted by Gasteiger charge is -2.21. The van der Waals surface area contributed by atoms with Gasteiger partial charge < -0.3 is 15.0 Å². The molecule has 1 atom stereocenters. The maximum atomic E-state index is 11.0. The third-order valence-corrected chi connectivity index (χ3v) is 5.20. The molecule has 0 spiro atoms. The molecule has 1 N–H and O–H groups in total. The number of likely N-dealkylation sites (tertiary alicyclic amines) is 1. The van der Waals surface area contributed by atoms with Crippen LogP contribution in [0.2, 0.25) is 0 Å². The van der Waals surface area contributed by atoms with Crippen molar-refractivity contribution in [3.63, 3.8) is 0 Å². The topological polar surface area (TPSA) is 71.0 Å². The molecule has 1 heterocycles. The lowest BCUT2D eigenvalue weighted by molar-refractivity contribution is 0.153. The molecule has 1 saturated heterocycles. The summed E-state index contributed by atoms with van der Waals surface area (Å²) in [5.41, 5.74) is 1.39. The van der Waals surface area contributed by atoms with Gasteiger partial charge in [-0.15, -0.1) is 24.0 Å². The molecule has 1 aliphatic rings. The van der Waals surface area contributed by atoms with E-state index < -0.39 is 9.84 Å². The number of nitrogens with zero attached hydrogens (tertiary/aromatic N) is 2. The van der Waals surface area contributed by atoms with E-state index in [9.17, 15) is 8.42 Å². The van der Waals surface area contributed by atoms with Crippen molar-refractivity contribution in [1.82, 2.24) is 10.2 Å². The summed E-state index contributed by atoms with van der Waals surface area (Å²) in [7, 11) is -1.17. The molecule has 0 aromatic heterocycles. The Morgan fingerprint density at radius 1 is 1.31 bits per heavy atom. The first-order valence-electron chi connectivity index (χ1n) is 8.73. The molecule has 0 bridgehead atoms. The molecular weight excluding hydrogens is 465 g/mol. The van der Waals surface area contributed by atoms with Crippen LogP contribution in [0.25, 0.3) is 0 Å². The molecule has 0 amide bonds. The van der Waals surface area contributed by atoms with E-state index in [1.807, 2.05) is 6.07 Å². The first kappa shape index (κ1) is 23.2. The van der Waals surface area contributed by atoms with Gasteiger partial charge >= 0.3 is 0 Å². The third kappa shape index (κ3) is 8.68. The van der Waals surface area contributed by atoms with Crippen LogP contribution in [0.4, 0.5) is 0 Å². The van der Waals surface area contributed by atoms with Gasteiger partial charge in [-0.2, -0.15) is 0 Å². The minimum Gasteiger partial charge on any atom is -0.379 e. The molecule has 148 valence electrons. The monoisotopic (exact) mass is 495 g/mol. The van der Waals surface area contributed by atoms with Gasteiger partial charge in [0.1, 0.15) is 9.84 Å². The van der Waals surface area contributed by atoms with Crippen molar-refractivity contribution in [2.24, 2.45) is 10.9 Å². The van der Waals surface area contributed by atoms with Gasteiger partial charge in [0.2, 0.25) is 0 Å². The third-order valence-electron chi connectivity index (χ3n) is 4.29. The standard InChI is InChI=1S/C18H29N3O3S.HI/c1-19-18(20-9-11-24-12-13-25(2,22)23)21-10-8-17(15-21)14-16-6-4-3-5-7-16;/h3-7,17H,8-15H2,1-2H3,(H,19,20);1H. The summed E-state index contributed by atoms with van der Waals surface area (Å²) >= 11 is 0. The molecule has 8 heteroatoms. The van der Waals surface area contributed by atoms with Crippen LogP contribution in [0, 0.1) is 5.92 Å². The van der Waals surface area contributed by atoms with Gasteiger partial charge in [0.15, 0.2) is 5.96 Å². The molecule has 1 unspecified atom stereocenters.